The number of rotatable bonds is 7. The van der Waals surface area contributed by atoms with Crippen LogP contribution in [0.15, 0.2) is 22.7 Å². The first kappa shape index (κ1) is 13.5. The summed E-state index contributed by atoms with van der Waals surface area (Å²) in [5.74, 6) is 0.931. The molecule has 1 aromatic rings. The van der Waals surface area contributed by atoms with Crippen molar-refractivity contribution in [2.24, 2.45) is 5.73 Å². The number of aryl methyl sites for hydroxylation is 1. The number of hydrogen-bond donors (Lipinski definition) is 1. The van der Waals surface area contributed by atoms with Crippen LogP contribution in [-0.2, 0) is 6.42 Å². The van der Waals surface area contributed by atoms with Crippen molar-refractivity contribution in [2.75, 3.05) is 13.2 Å². The Bertz CT molecular complexity index is 315. The zero-order valence-corrected chi connectivity index (χ0v) is 11.4. The molecule has 2 N–H and O–H groups in total. The Morgan fingerprint density at radius 2 is 2.06 bits per heavy atom. The molecule has 16 heavy (non-hydrogen) atoms. The van der Waals surface area contributed by atoms with Gasteiger partial charge in [-0.15, -0.1) is 0 Å². The Morgan fingerprint density at radius 1 is 1.25 bits per heavy atom. The van der Waals surface area contributed by atoms with Gasteiger partial charge in [-0.05, 0) is 50.4 Å². The van der Waals surface area contributed by atoms with Crippen LogP contribution in [0.5, 0.6) is 5.75 Å². The molecule has 0 amide bonds. The number of nitrogens with two attached hydrogens (primary N) is 1. The Morgan fingerprint density at radius 3 is 2.69 bits per heavy atom. The standard InChI is InChI=1S/C13H20BrNO/c1-2-16-12-8-7-11(13(14)10-12)6-4-3-5-9-15/h7-8,10H,2-6,9,15H2,1H3. The van der Waals surface area contributed by atoms with Gasteiger partial charge in [-0.25, -0.2) is 0 Å². The third kappa shape index (κ3) is 4.54. The van der Waals surface area contributed by atoms with E-state index in [2.05, 4.69) is 22.0 Å². The fourth-order valence-corrected chi connectivity index (χ4v) is 2.18. The van der Waals surface area contributed by atoms with E-state index in [4.69, 9.17) is 10.5 Å². The first-order chi connectivity index (χ1) is 7.77. The molecule has 1 rings (SSSR count). The summed E-state index contributed by atoms with van der Waals surface area (Å²) in [7, 11) is 0. The van der Waals surface area contributed by atoms with Crippen molar-refractivity contribution in [3.63, 3.8) is 0 Å². The Hall–Kier alpha value is -0.540. The summed E-state index contributed by atoms with van der Waals surface area (Å²) in [4.78, 5) is 0. The van der Waals surface area contributed by atoms with Crippen LogP contribution in [0.3, 0.4) is 0 Å². The van der Waals surface area contributed by atoms with Gasteiger partial charge < -0.3 is 10.5 Å². The molecule has 0 aliphatic rings. The number of ether oxygens (including phenoxy) is 1. The lowest BCUT2D eigenvalue weighted by Crippen LogP contribution is -1.98. The molecule has 0 aliphatic carbocycles. The predicted octanol–water partition coefficient (Wildman–Crippen LogP) is 3.52. The monoisotopic (exact) mass is 285 g/mol. The zero-order chi connectivity index (χ0) is 11.8. The number of unbranched alkanes of at least 4 members (excludes halogenated alkanes) is 2. The largest absolute Gasteiger partial charge is 0.494 e. The average molecular weight is 286 g/mol. The molecule has 0 spiro atoms. The highest BCUT2D eigenvalue weighted by molar-refractivity contribution is 9.10. The molecular weight excluding hydrogens is 266 g/mol. The number of hydrogen-bond acceptors (Lipinski definition) is 2. The quantitative estimate of drug-likeness (QED) is 0.778. The van der Waals surface area contributed by atoms with Crippen LogP contribution in [0.2, 0.25) is 0 Å². The van der Waals surface area contributed by atoms with Crippen molar-refractivity contribution in [3.8, 4) is 5.75 Å². The van der Waals surface area contributed by atoms with E-state index in [1.165, 1.54) is 18.4 Å². The van der Waals surface area contributed by atoms with Crippen molar-refractivity contribution in [2.45, 2.75) is 32.6 Å². The topological polar surface area (TPSA) is 35.2 Å². The van der Waals surface area contributed by atoms with E-state index >= 15 is 0 Å². The van der Waals surface area contributed by atoms with Gasteiger partial charge in [0.05, 0.1) is 6.61 Å². The van der Waals surface area contributed by atoms with Gasteiger partial charge in [0.15, 0.2) is 0 Å². The first-order valence-electron chi connectivity index (χ1n) is 5.89. The Labute approximate surface area is 106 Å². The smallest absolute Gasteiger partial charge is 0.120 e. The second kappa shape index (κ2) is 7.69. The van der Waals surface area contributed by atoms with E-state index in [0.717, 1.165) is 29.6 Å². The molecule has 0 atom stereocenters. The second-order valence-corrected chi connectivity index (χ2v) is 4.64. The van der Waals surface area contributed by atoms with Crippen LogP contribution < -0.4 is 10.5 Å². The van der Waals surface area contributed by atoms with Gasteiger partial charge in [0.2, 0.25) is 0 Å². The predicted molar refractivity (Wildman–Crippen MR) is 71.9 cm³/mol. The lowest BCUT2D eigenvalue weighted by molar-refractivity contribution is 0.340. The summed E-state index contributed by atoms with van der Waals surface area (Å²) in [6, 6.07) is 6.21. The number of benzene rings is 1. The molecule has 0 heterocycles. The second-order valence-electron chi connectivity index (χ2n) is 3.79. The van der Waals surface area contributed by atoms with Crippen molar-refractivity contribution in [3.05, 3.63) is 28.2 Å². The fraction of sp³-hybridized carbons (Fsp3) is 0.538. The minimum Gasteiger partial charge on any atom is -0.494 e. The summed E-state index contributed by atoms with van der Waals surface area (Å²) in [5, 5.41) is 0. The minimum atomic E-state index is 0.711. The van der Waals surface area contributed by atoms with Crippen molar-refractivity contribution in [1.82, 2.24) is 0 Å². The van der Waals surface area contributed by atoms with Crippen LogP contribution in [-0.4, -0.2) is 13.2 Å². The maximum Gasteiger partial charge on any atom is 0.120 e. The fourth-order valence-electron chi connectivity index (χ4n) is 1.62. The highest BCUT2D eigenvalue weighted by atomic mass is 79.9. The average Bonchev–Trinajstić information content (AvgIpc) is 2.27. The summed E-state index contributed by atoms with van der Waals surface area (Å²) in [6.45, 7) is 3.50. The summed E-state index contributed by atoms with van der Waals surface area (Å²) in [6.07, 6.45) is 4.63. The first-order valence-corrected chi connectivity index (χ1v) is 6.68. The van der Waals surface area contributed by atoms with Crippen LogP contribution >= 0.6 is 15.9 Å². The van der Waals surface area contributed by atoms with Gasteiger partial charge in [-0.2, -0.15) is 0 Å². The highest BCUT2D eigenvalue weighted by Gasteiger charge is 2.01. The molecule has 0 saturated carbocycles. The van der Waals surface area contributed by atoms with E-state index < -0.39 is 0 Å². The van der Waals surface area contributed by atoms with Crippen LogP contribution in [0.4, 0.5) is 0 Å². The molecule has 0 aromatic heterocycles. The van der Waals surface area contributed by atoms with Gasteiger partial charge in [0.25, 0.3) is 0 Å². The molecule has 0 aliphatic heterocycles. The SMILES string of the molecule is CCOc1ccc(CCCCCN)c(Br)c1. The van der Waals surface area contributed by atoms with E-state index in [1.807, 2.05) is 19.1 Å². The van der Waals surface area contributed by atoms with Crippen molar-refractivity contribution < 1.29 is 4.74 Å². The lowest BCUT2D eigenvalue weighted by Gasteiger charge is -2.07. The molecule has 0 unspecified atom stereocenters. The maximum atomic E-state index is 5.47. The molecule has 0 radical (unpaired) electrons. The molecule has 90 valence electrons. The van der Waals surface area contributed by atoms with Gasteiger partial charge in [0, 0.05) is 4.47 Å². The van der Waals surface area contributed by atoms with Crippen molar-refractivity contribution in [1.29, 1.82) is 0 Å². The summed E-state index contributed by atoms with van der Waals surface area (Å²) < 4.78 is 6.58. The van der Waals surface area contributed by atoms with Gasteiger partial charge in [-0.1, -0.05) is 28.4 Å². The molecule has 3 heteroatoms. The van der Waals surface area contributed by atoms with Crippen molar-refractivity contribution >= 4 is 15.9 Å². The van der Waals surface area contributed by atoms with E-state index in [1.54, 1.807) is 0 Å². The minimum absolute atomic E-state index is 0.711. The third-order valence-electron chi connectivity index (χ3n) is 2.49. The maximum absolute atomic E-state index is 5.47. The molecule has 0 saturated heterocycles. The van der Waals surface area contributed by atoms with Gasteiger partial charge in [0.1, 0.15) is 5.75 Å². The lowest BCUT2D eigenvalue weighted by atomic mass is 10.1. The Kier molecular flexibility index (Phi) is 6.50. The normalized spacial score (nSPS) is 10.4. The summed E-state index contributed by atoms with van der Waals surface area (Å²) in [5.41, 5.74) is 6.81. The van der Waals surface area contributed by atoms with E-state index in [-0.39, 0.29) is 0 Å². The Balaban J connectivity index is 2.47. The third-order valence-corrected chi connectivity index (χ3v) is 3.22. The van der Waals surface area contributed by atoms with Gasteiger partial charge in [-0.3, -0.25) is 0 Å². The number of halogens is 1. The van der Waals surface area contributed by atoms with Crippen LogP contribution in [0.1, 0.15) is 31.7 Å². The molecule has 1 aromatic carbocycles. The summed E-state index contributed by atoms with van der Waals surface area (Å²) >= 11 is 3.58. The molecule has 0 fully saturated rings. The molecular formula is C13H20BrNO. The van der Waals surface area contributed by atoms with E-state index in [0.29, 0.717) is 6.61 Å². The van der Waals surface area contributed by atoms with Gasteiger partial charge >= 0.3 is 0 Å². The van der Waals surface area contributed by atoms with Crippen LogP contribution in [0, 0.1) is 0 Å². The van der Waals surface area contributed by atoms with E-state index in [9.17, 15) is 0 Å². The highest BCUT2D eigenvalue weighted by Crippen LogP contribution is 2.24. The zero-order valence-electron chi connectivity index (χ0n) is 9.84. The molecule has 2 nitrogen and oxygen atoms in total. The van der Waals surface area contributed by atoms with Crippen LogP contribution in [0.25, 0.3) is 0 Å². The molecule has 0 bridgehead atoms.